The highest BCUT2D eigenvalue weighted by Crippen LogP contribution is 2.28. The van der Waals surface area contributed by atoms with Gasteiger partial charge in [0.1, 0.15) is 0 Å². The Balaban J connectivity index is 2.34. The monoisotopic (exact) mass is 351 g/mol. The van der Waals surface area contributed by atoms with E-state index in [-0.39, 0.29) is 23.7 Å². The van der Waals surface area contributed by atoms with Crippen molar-refractivity contribution in [1.29, 1.82) is 0 Å². The van der Waals surface area contributed by atoms with Gasteiger partial charge in [-0.1, -0.05) is 11.6 Å². The third-order valence-corrected chi connectivity index (χ3v) is 4.56. The van der Waals surface area contributed by atoms with E-state index in [4.69, 9.17) is 11.6 Å². The number of hydrogen-bond acceptors (Lipinski definition) is 3. The van der Waals surface area contributed by atoms with E-state index in [9.17, 15) is 14.4 Å². The first-order valence-electron chi connectivity index (χ1n) is 8.00. The number of hydrogen-bond donors (Lipinski definition) is 2. The molecule has 2 atom stereocenters. The molecular formula is C17H22ClN3O3. The van der Waals surface area contributed by atoms with E-state index in [0.29, 0.717) is 10.6 Å². The molecule has 24 heavy (non-hydrogen) atoms. The number of carbonyl (C=O) groups is 3. The average Bonchev–Trinajstić information content (AvgIpc) is 2.55. The molecule has 1 fully saturated rings. The van der Waals surface area contributed by atoms with Gasteiger partial charge in [0.05, 0.1) is 11.3 Å². The predicted molar refractivity (Wildman–Crippen MR) is 93.1 cm³/mol. The highest BCUT2D eigenvalue weighted by molar-refractivity contribution is 6.40. The summed E-state index contributed by atoms with van der Waals surface area (Å²) in [6.07, 6.45) is 2.97. The summed E-state index contributed by atoms with van der Waals surface area (Å²) in [7, 11) is 1.37. The Labute approximate surface area is 146 Å². The highest BCUT2D eigenvalue weighted by Gasteiger charge is 2.31. The van der Waals surface area contributed by atoms with Gasteiger partial charge in [-0.05, 0) is 51.3 Å². The van der Waals surface area contributed by atoms with Crippen molar-refractivity contribution in [2.24, 2.45) is 0 Å². The van der Waals surface area contributed by atoms with Crippen LogP contribution < -0.4 is 10.6 Å². The van der Waals surface area contributed by atoms with Gasteiger partial charge < -0.3 is 15.5 Å². The second-order valence-corrected chi connectivity index (χ2v) is 6.50. The summed E-state index contributed by atoms with van der Waals surface area (Å²) in [5.74, 6) is -1.79. The summed E-state index contributed by atoms with van der Waals surface area (Å²) in [6, 6.07) is 4.86. The van der Waals surface area contributed by atoms with Gasteiger partial charge in [-0.15, -0.1) is 0 Å². The molecule has 0 radical (unpaired) electrons. The van der Waals surface area contributed by atoms with Gasteiger partial charge in [0.15, 0.2) is 0 Å². The first-order valence-corrected chi connectivity index (χ1v) is 8.38. The van der Waals surface area contributed by atoms with Crippen LogP contribution in [0.3, 0.4) is 0 Å². The number of amides is 3. The van der Waals surface area contributed by atoms with Crippen LogP contribution in [0.1, 0.15) is 43.5 Å². The Morgan fingerprint density at radius 2 is 1.75 bits per heavy atom. The first kappa shape index (κ1) is 18.3. The second kappa shape index (κ2) is 7.66. The van der Waals surface area contributed by atoms with Crippen molar-refractivity contribution in [3.63, 3.8) is 0 Å². The van der Waals surface area contributed by atoms with Gasteiger partial charge >= 0.3 is 11.8 Å². The van der Waals surface area contributed by atoms with E-state index in [1.807, 2.05) is 18.7 Å². The Bertz CT molecular complexity index is 652. The number of benzene rings is 1. The maximum atomic E-state index is 13.0. The van der Waals surface area contributed by atoms with Crippen molar-refractivity contribution in [3.8, 4) is 0 Å². The van der Waals surface area contributed by atoms with Crippen molar-refractivity contribution in [2.45, 2.75) is 45.2 Å². The number of likely N-dealkylation sites (tertiary alicyclic amines) is 1. The van der Waals surface area contributed by atoms with Gasteiger partial charge in [0.25, 0.3) is 5.91 Å². The van der Waals surface area contributed by atoms with E-state index >= 15 is 0 Å². The Kier molecular flexibility index (Phi) is 5.83. The van der Waals surface area contributed by atoms with Crippen LogP contribution >= 0.6 is 11.6 Å². The number of piperidine rings is 1. The van der Waals surface area contributed by atoms with Crippen molar-refractivity contribution < 1.29 is 14.4 Å². The molecule has 2 rings (SSSR count). The molecule has 0 spiro atoms. The summed E-state index contributed by atoms with van der Waals surface area (Å²) in [4.78, 5) is 38.1. The maximum Gasteiger partial charge on any atom is 0.313 e. The fourth-order valence-electron chi connectivity index (χ4n) is 3.06. The molecule has 1 saturated heterocycles. The molecule has 3 amide bonds. The Morgan fingerprint density at radius 3 is 2.33 bits per heavy atom. The van der Waals surface area contributed by atoms with E-state index in [0.717, 1.165) is 19.3 Å². The molecule has 1 aliphatic heterocycles. The molecule has 0 saturated carbocycles. The minimum absolute atomic E-state index is 0.114. The SMILES string of the molecule is CNC(=O)C(=O)Nc1ccc(Cl)cc1C(=O)N1[C@@H](C)CCC[C@@H]1C. The molecule has 0 unspecified atom stereocenters. The van der Waals surface area contributed by atoms with Crippen molar-refractivity contribution in [2.75, 3.05) is 12.4 Å². The number of nitrogens with one attached hydrogen (secondary N) is 2. The molecule has 1 heterocycles. The molecule has 1 aromatic rings. The van der Waals surface area contributed by atoms with Crippen LogP contribution in [0.25, 0.3) is 0 Å². The number of anilines is 1. The molecule has 130 valence electrons. The topological polar surface area (TPSA) is 78.5 Å². The average molecular weight is 352 g/mol. The maximum absolute atomic E-state index is 13.0. The standard InChI is InChI=1S/C17H22ClN3O3/c1-10-5-4-6-11(2)21(10)17(24)13-9-12(18)7-8-14(13)20-16(23)15(22)19-3/h7-11H,4-6H2,1-3H3,(H,19,22)(H,20,23)/t10-,11-/m0/s1. The zero-order valence-electron chi connectivity index (χ0n) is 14.1. The molecule has 2 N–H and O–H groups in total. The summed E-state index contributed by atoms with van der Waals surface area (Å²) < 4.78 is 0. The van der Waals surface area contributed by atoms with Crippen LogP contribution in [0.4, 0.5) is 5.69 Å². The summed E-state index contributed by atoms with van der Waals surface area (Å²) >= 11 is 6.04. The van der Waals surface area contributed by atoms with E-state index in [2.05, 4.69) is 10.6 Å². The van der Waals surface area contributed by atoms with Gasteiger partial charge in [-0.25, -0.2) is 0 Å². The van der Waals surface area contributed by atoms with Crippen molar-refractivity contribution >= 4 is 35.0 Å². The third kappa shape index (κ3) is 3.87. The lowest BCUT2D eigenvalue weighted by Crippen LogP contribution is -2.47. The minimum atomic E-state index is -0.825. The van der Waals surface area contributed by atoms with Crippen LogP contribution in [-0.2, 0) is 9.59 Å². The third-order valence-electron chi connectivity index (χ3n) is 4.32. The van der Waals surface area contributed by atoms with Crippen LogP contribution in [-0.4, -0.2) is 41.8 Å². The van der Waals surface area contributed by atoms with E-state index < -0.39 is 11.8 Å². The van der Waals surface area contributed by atoms with Crippen LogP contribution in [0.5, 0.6) is 0 Å². The van der Waals surface area contributed by atoms with E-state index in [1.165, 1.54) is 19.2 Å². The number of likely N-dealkylation sites (N-methyl/N-ethyl adjacent to an activating group) is 1. The molecule has 6 nitrogen and oxygen atoms in total. The second-order valence-electron chi connectivity index (χ2n) is 6.06. The molecule has 0 bridgehead atoms. The lowest BCUT2D eigenvalue weighted by atomic mass is 9.96. The molecular weight excluding hydrogens is 330 g/mol. The zero-order chi connectivity index (χ0) is 17.9. The zero-order valence-corrected chi connectivity index (χ0v) is 14.8. The fourth-order valence-corrected chi connectivity index (χ4v) is 3.23. The highest BCUT2D eigenvalue weighted by atomic mass is 35.5. The summed E-state index contributed by atoms with van der Waals surface area (Å²) in [5, 5.41) is 5.13. The van der Waals surface area contributed by atoms with Crippen LogP contribution in [0.15, 0.2) is 18.2 Å². The summed E-state index contributed by atoms with van der Waals surface area (Å²) in [6.45, 7) is 4.03. The number of halogens is 1. The van der Waals surface area contributed by atoms with Gasteiger partial charge in [0, 0.05) is 24.2 Å². The van der Waals surface area contributed by atoms with Gasteiger partial charge in [0.2, 0.25) is 0 Å². The first-order chi connectivity index (χ1) is 11.3. The van der Waals surface area contributed by atoms with Crippen molar-refractivity contribution in [3.05, 3.63) is 28.8 Å². The quantitative estimate of drug-likeness (QED) is 0.803. The Morgan fingerprint density at radius 1 is 1.12 bits per heavy atom. The lowest BCUT2D eigenvalue weighted by Gasteiger charge is -2.39. The largest absolute Gasteiger partial charge is 0.351 e. The van der Waals surface area contributed by atoms with Gasteiger partial charge in [-0.3, -0.25) is 14.4 Å². The molecule has 1 aliphatic rings. The normalized spacial score (nSPS) is 20.4. The van der Waals surface area contributed by atoms with Crippen LogP contribution in [0.2, 0.25) is 5.02 Å². The molecule has 7 heteroatoms. The molecule has 0 aromatic heterocycles. The minimum Gasteiger partial charge on any atom is -0.351 e. The number of carbonyl (C=O) groups excluding carboxylic acids is 3. The fraction of sp³-hybridized carbons (Fsp3) is 0.471. The Hall–Kier alpha value is -2.08. The van der Waals surface area contributed by atoms with Crippen LogP contribution in [0, 0.1) is 0 Å². The van der Waals surface area contributed by atoms with E-state index in [1.54, 1.807) is 6.07 Å². The molecule has 0 aliphatic carbocycles. The van der Waals surface area contributed by atoms with Gasteiger partial charge in [-0.2, -0.15) is 0 Å². The van der Waals surface area contributed by atoms with Crippen molar-refractivity contribution in [1.82, 2.24) is 10.2 Å². The smallest absolute Gasteiger partial charge is 0.313 e. The summed E-state index contributed by atoms with van der Waals surface area (Å²) in [5.41, 5.74) is 0.573. The molecule has 1 aromatic carbocycles. The number of rotatable bonds is 2. The number of nitrogens with zero attached hydrogens (tertiary/aromatic N) is 1. The lowest BCUT2D eigenvalue weighted by molar-refractivity contribution is -0.135. The predicted octanol–water partition coefficient (Wildman–Crippen LogP) is 2.43.